The summed E-state index contributed by atoms with van der Waals surface area (Å²) in [4.78, 5) is 15.6. The van der Waals surface area contributed by atoms with Crippen molar-refractivity contribution in [2.45, 2.75) is 16.7 Å². The van der Waals surface area contributed by atoms with E-state index in [1.54, 1.807) is 36.0 Å². The molecule has 4 nitrogen and oxygen atoms in total. The van der Waals surface area contributed by atoms with E-state index in [0.717, 1.165) is 27.2 Å². The summed E-state index contributed by atoms with van der Waals surface area (Å²) in [7, 11) is 0. The number of carbonyl (C=O) groups is 1. The van der Waals surface area contributed by atoms with Crippen LogP contribution in [0, 0.1) is 0 Å². The number of aromatic hydroxyl groups is 1. The summed E-state index contributed by atoms with van der Waals surface area (Å²) in [5.74, 6) is 0.970. The van der Waals surface area contributed by atoms with E-state index in [1.165, 1.54) is 0 Å². The molecule has 0 saturated carbocycles. The highest BCUT2D eigenvalue weighted by molar-refractivity contribution is 7.99. The van der Waals surface area contributed by atoms with Gasteiger partial charge in [-0.3, -0.25) is 4.79 Å². The van der Waals surface area contributed by atoms with E-state index in [4.69, 9.17) is 16.0 Å². The Hall–Kier alpha value is -2.11. The zero-order valence-corrected chi connectivity index (χ0v) is 14.0. The van der Waals surface area contributed by atoms with Crippen molar-refractivity contribution in [3.63, 3.8) is 0 Å². The van der Waals surface area contributed by atoms with Crippen LogP contribution in [0.3, 0.4) is 0 Å². The zero-order valence-electron chi connectivity index (χ0n) is 12.5. The maximum Gasteiger partial charge on any atom is 0.257 e. The summed E-state index contributed by atoms with van der Waals surface area (Å²) in [5.41, 5.74) is 2.40. The maximum absolute atomic E-state index is 12.9. The number of thioether (sulfide) groups is 1. The van der Waals surface area contributed by atoms with Gasteiger partial charge >= 0.3 is 0 Å². The van der Waals surface area contributed by atoms with E-state index in [1.807, 2.05) is 17.0 Å². The van der Waals surface area contributed by atoms with Gasteiger partial charge in [0, 0.05) is 22.4 Å². The molecule has 120 valence electrons. The normalized spacial score (nSPS) is 19.1. The number of benzene rings is 2. The van der Waals surface area contributed by atoms with Gasteiger partial charge in [0.2, 0.25) is 0 Å². The van der Waals surface area contributed by atoms with Crippen molar-refractivity contribution in [3.05, 3.63) is 58.3 Å². The lowest BCUT2D eigenvalue weighted by Crippen LogP contribution is -2.41. The third kappa shape index (κ3) is 1.85. The first kappa shape index (κ1) is 14.3. The van der Waals surface area contributed by atoms with Crippen LogP contribution in [0.5, 0.6) is 5.75 Å². The smallest absolute Gasteiger partial charge is 0.257 e. The molecule has 2 aliphatic rings. The molecule has 0 bridgehead atoms. The Labute approximate surface area is 147 Å². The summed E-state index contributed by atoms with van der Waals surface area (Å²) in [5, 5.41) is 11.0. The van der Waals surface area contributed by atoms with Gasteiger partial charge in [0.25, 0.3) is 5.91 Å². The fraction of sp³-hybridized carbons (Fsp3) is 0.167. The molecule has 0 spiro atoms. The number of hydrogen-bond donors (Lipinski definition) is 1. The molecular weight excluding hydrogens is 346 g/mol. The molecule has 0 saturated heterocycles. The Morgan fingerprint density at radius 2 is 2.17 bits per heavy atom. The summed E-state index contributed by atoms with van der Waals surface area (Å²) in [6.45, 7) is 0.610. The molecule has 6 heteroatoms. The highest BCUT2D eigenvalue weighted by atomic mass is 35.5. The predicted octanol–water partition coefficient (Wildman–Crippen LogP) is 4.59. The Bertz CT molecular complexity index is 1010. The maximum atomic E-state index is 12.9. The molecule has 1 unspecified atom stereocenters. The third-order valence-corrected chi connectivity index (χ3v) is 6.21. The molecular formula is C18H12ClNO3S. The topological polar surface area (TPSA) is 53.7 Å². The van der Waals surface area contributed by atoms with Crippen LogP contribution in [0.1, 0.15) is 27.1 Å². The van der Waals surface area contributed by atoms with E-state index < -0.39 is 0 Å². The van der Waals surface area contributed by atoms with Crippen molar-refractivity contribution in [2.24, 2.45) is 0 Å². The molecule has 0 radical (unpaired) electrons. The highest BCUT2D eigenvalue weighted by Crippen LogP contribution is 2.51. The van der Waals surface area contributed by atoms with E-state index in [9.17, 15) is 9.90 Å². The number of phenolic OH excluding ortho intramolecular Hbond substituents is 1. The Morgan fingerprint density at radius 3 is 3.04 bits per heavy atom. The van der Waals surface area contributed by atoms with Gasteiger partial charge in [0.15, 0.2) is 0 Å². The molecule has 2 aromatic carbocycles. The molecule has 1 atom stereocenters. The lowest BCUT2D eigenvalue weighted by Gasteiger charge is -2.38. The Balaban J connectivity index is 1.70. The minimum atomic E-state index is -0.193. The van der Waals surface area contributed by atoms with E-state index in [2.05, 4.69) is 0 Å². The van der Waals surface area contributed by atoms with Crippen LogP contribution >= 0.6 is 23.4 Å². The van der Waals surface area contributed by atoms with Crippen LogP contribution in [0.2, 0.25) is 5.02 Å². The number of phenols is 1. The fourth-order valence-corrected chi connectivity index (χ4v) is 5.15. The predicted molar refractivity (Wildman–Crippen MR) is 92.7 cm³/mol. The van der Waals surface area contributed by atoms with Gasteiger partial charge in [0.05, 0.1) is 10.6 Å². The van der Waals surface area contributed by atoms with Gasteiger partial charge in [-0.1, -0.05) is 29.4 Å². The van der Waals surface area contributed by atoms with Crippen LogP contribution in [0.4, 0.5) is 0 Å². The zero-order chi connectivity index (χ0) is 16.4. The van der Waals surface area contributed by atoms with Crippen molar-refractivity contribution in [2.75, 3.05) is 6.54 Å². The summed E-state index contributed by atoms with van der Waals surface area (Å²) < 4.78 is 6.05. The summed E-state index contributed by atoms with van der Waals surface area (Å²) in [6.07, 6.45) is 0.703. The van der Waals surface area contributed by atoms with Crippen LogP contribution in [0.25, 0.3) is 11.0 Å². The average Bonchev–Trinajstić information content (AvgIpc) is 2.93. The van der Waals surface area contributed by atoms with E-state index >= 15 is 0 Å². The first-order valence-corrected chi connectivity index (χ1v) is 8.89. The summed E-state index contributed by atoms with van der Waals surface area (Å²) in [6, 6.07) is 10.6. The molecule has 1 aromatic heterocycles. The third-order valence-electron chi connectivity index (χ3n) is 4.60. The lowest BCUT2D eigenvalue weighted by atomic mass is 10.0. The SMILES string of the molecule is O=C1c2c(Cl)cccc2SC2c3oc4ccc(O)cc4c3CCN12. The number of halogens is 1. The van der Waals surface area contributed by atoms with Crippen molar-refractivity contribution < 1.29 is 14.3 Å². The standard InChI is InChI=1S/C18H12ClNO3S/c19-12-2-1-3-14-15(12)17(22)20-7-6-10-11-8-9(21)4-5-13(11)23-16(10)18(20)24-14/h1-5,8,18,21H,6-7H2. The lowest BCUT2D eigenvalue weighted by molar-refractivity contribution is 0.0702. The minimum Gasteiger partial charge on any atom is -0.508 e. The number of furan rings is 1. The van der Waals surface area contributed by atoms with Gasteiger partial charge in [-0.15, -0.1) is 0 Å². The van der Waals surface area contributed by atoms with Crippen LogP contribution in [0.15, 0.2) is 45.7 Å². The molecule has 3 heterocycles. The molecule has 3 aromatic rings. The largest absolute Gasteiger partial charge is 0.508 e. The second-order valence-electron chi connectivity index (χ2n) is 5.96. The van der Waals surface area contributed by atoms with Gasteiger partial charge in [0.1, 0.15) is 22.5 Å². The van der Waals surface area contributed by atoms with Crippen LogP contribution in [-0.4, -0.2) is 22.5 Å². The molecule has 1 amide bonds. The highest BCUT2D eigenvalue weighted by Gasteiger charge is 2.41. The van der Waals surface area contributed by atoms with Gasteiger partial charge in [-0.25, -0.2) is 0 Å². The Kier molecular flexibility index (Phi) is 2.94. The van der Waals surface area contributed by atoms with Crippen molar-refractivity contribution in [1.29, 1.82) is 0 Å². The molecule has 2 aliphatic heterocycles. The fourth-order valence-electron chi connectivity index (χ4n) is 3.50. The Morgan fingerprint density at radius 1 is 1.29 bits per heavy atom. The second-order valence-corrected chi connectivity index (χ2v) is 7.49. The van der Waals surface area contributed by atoms with Gasteiger partial charge in [-0.2, -0.15) is 0 Å². The van der Waals surface area contributed by atoms with Gasteiger partial charge < -0.3 is 14.4 Å². The van der Waals surface area contributed by atoms with Crippen molar-refractivity contribution in [1.82, 2.24) is 4.90 Å². The van der Waals surface area contributed by atoms with E-state index in [-0.39, 0.29) is 17.0 Å². The average molecular weight is 358 g/mol. The summed E-state index contributed by atoms with van der Waals surface area (Å²) >= 11 is 7.82. The number of rotatable bonds is 0. The molecule has 5 rings (SSSR count). The number of nitrogens with zero attached hydrogens (tertiary/aromatic N) is 1. The number of carbonyl (C=O) groups excluding carboxylic acids is 1. The van der Waals surface area contributed by atoms with E-state index in [0.29, 0.717) is 23.6 Å². The van der Waals surface area contributed by atoms with Crippen LogP contribution in [-0.2, 0) is 6.42 Å². The second kappa shape index (κ2) is 4.94. The first-order valence-electron chi connectivity index (χ1n) is 7.64. The monoisotopic (exact) mass is 357 g/mol. The molecule has 0 aliphatic carbocycles. The van der Waals surface area contributed by atoms with Crippen molar-refractivity contribution in [3.8, 4) is 5.75 Å². The van der Waals surface area contributed by atoms with Crippen LogP contribution < -0.4 is 0 Å². The quantitative estimate of drug-likeness (QED) is 0.639. The molecule has 0 fully saturated rings. The molecule has 24 heavy (non-hydrogen) atoms. The molecule has 1 N–H and O–H groups in total. The number of amides is 1. The number of hydrogen-bond acceptors (Lipinski definition) is 4. The number of fused-ring (bicyclic) bond motifs is 6. The van der Waals surface area contributed by atoms with Crippen molar-refractivity contribution >= 4 is 40.2 Å². The first-order chi connectivity index (χ1) is 11.6. The minimum absolute atomic E-state index is 0.0479. The van der Waals surface area contributed by atoms with Gasteiger partial charge in [-0.05, 0) is 36.8 Å².